The number of halogens is 1. The zero-order valence-electron chi connectivity index (χ0n) is 9.99. The molecule has 2 aromatic rings. The molecule has 0 fully saturated rings. The van der Waals surface area contributed by atoms with Gasteiger partial charge in [-0.3, -0.25) is 4.90 Å². The van der Waals surface area contributed by atoms with Crippen molar-refractivity contribution in [3.63, 3.8) is 0 Å². The lowest BCUT2D eigenvalue weighted by Gasteiger charge is -2.27. The Bertz CT molecular complexity index is 547. The summed E-state index contributed by atoms with van der Waals surface area (Å²) in [6.07, 6.45) is 1.20. The minimum absolute atomic E-state index is 0.762. The summed E-state index contributed by atoms with van der Waals surface area (Å²) in [5.41, 5.74) is 2.23. The van der Waals surface area contributed by atoms with Crippen molar-refractivity contribution in [2.75, 3.05) is 13.1 Å². The van der Waals surface area contributed by atoms with Gasteiger partial charge in [-0.05, 0) is 31.2 Å². The summed E-state index contributed by atoms with van der Waals surface area (Å²) in [7, 11) is 0. The maximum atomic E-state index is 6.00. The Morgan fingerprint density at radius 2 is 2.24 bits per heavy atom. The van der Waals surface area contributed by atoms with Gasteiger partial charge in [-0.15, -0.1) is 0 Å². The van der Waals surface area contributed by atoms with Gasteiger partial charge >= 0.3 is 0 Å². The molecule has 0 N–H and O–H groups in total. The Hall–Kier alpha value is -1.06. The van der Waals surface area contributed by atoms with Crippen molar-refractivity contribution < 1.29 is 0 Å². The molecule has 0 saturated heterocycles. The first-order chi connectivity index (χ1) is 8.28. The highest BCUT2D eigenvalue weighted by Crippen LogP contribution is 2.23. The maximum absolute atomic E-state index is 6.00. The molecule has 0 atom stereocenters. The van der Waals surface area contributed by atoms with Gasteiger partial charge in [0.15, 0.2) is 0 Å². The fraction of sp³-hybridized carbons (Fsp3) is 0.462. The highest BCUT2D eigenvalue weighted by atomic mass is 35.5. The number of hydrogen-bond donors (Lipinski definition) is 0. The van der Waals surface area contributed by atoms with E-state index < -0.39 is 0 Å². The maximum Gasteiger partial charge on any atom is 0.124 e. The quantitative estimate of drug-likeness (QED) is 0.816. The molecule has 3 rings (SSSR count). The van der Waals surface area contributed by atoms with E-state index in [1.54, 1.807) is 0 Å². The van der Waals surface area contributed by atoms with Crippen molar-refractivity contribution >= 4 is 22.6 Å². The van der Waals surface area contributed by atoms with Gasteiger partial charge < -0.3 is 4.57 Å². The average molecular weight is 250 g/mol. The van der Waals surface area contributed by atoms with Gasteiger partial charge in [0.25, 0.3) is 0 Å². The van der Waals surface area contributed by atoms with Crippen LogP contribution in [0.15, 0.2) is 18.2 Å². The smallest absolute Gasteiger partial charge is 0.124 e. The van der Waals surface area contributed by atoms with Crippen LogP contribution in [0.2, 0.25) is 5.02 Å². The summed E-state index contributed by atoms with van der Waals surface area (Å²) in [5.74, 6) is 1.17. The standard InChI is InChI=1S/C13H16ClN3/c1-2-5-16-6-7-17-12-4-3-10(14)8-11(12)15-13(17)9-16/h3-4,8H,2,5-7,9H2,1H3. The highest BCUT2D eigenvalue weighted by molar-refractivity contribution is 6.31. The molecular weight excluding hydrogens is 234 g/mol. The normalized spacial score (nSPS) is 16.4. The second-order valence-electron chi connectivity index (χ2n) is 4.59. The number of hydrogen-bond acceptors (Lipinski definition) is 2. The zero-order valence-corrected chi connectivity index (χ0v) is 10.7. The summed E-state index contributed by atoms with van der Waals surface area (Å²) in [6, 6.07) is 5.97. The number of imidazole rings is 1. The van der Waals surface area contributed by atoms with Gasteiger partial charge in [-0.25, -0.2) is 4.98 Å². The van der Waals surface area contributed by atoms with Crippen LogP contribution in [0.25, 0.3) is 11.0 Å². The second-order valence-corrected chi connectivity index (χ2v) is 5.03. The van der Waals surface area contributed by atoms with Gasteiger partial charge in [0.1, 0.15) is 5.82 Å². The Balaban J connectivity index is 2.01. The second kappa shape index (κ2) is 4.31. The molecule has 1 aromatic heterocycles. The molecule has 3 nitrogen and oxygen atoms in total. The SMILES string of the molecule is CCCN1CCn2c(nc3cc(Cl)ccc32)C1. The molecule has 0 radical (unpaired) electrons. The lowest BCUT2D eigenvalue weighted by atomic mass is 10.3. The summed E-state index contributed by atoms with van der Waals surface area (Å²) >= 11 is 6.00. The van der Waals surface area contributed by atoms with E-state index in [0.717, 1.165) is 36.7 Å². The molecular formula is C13H16ClN3. The Morgan fingerprint density at radius 3 is 3.06 bits per heavy atom. The van der Waals surface area contributed by atoms with E-state index >= 15 is 0 Å². The molecule has 0 aliphatic carbocycles. The van der Waals surface area contributed by atoms with Gasteiger partial charge in [0.05, 0.1) is 17.6 Å². The molecule has 1 aliphatic rings. The van der Waals surface area contributed by atoms with Gasteiger partial charge in [0, 0.05) is 18.1 Å². The van der Waals surface area contributed by atoms with Crippen LogP contribution < -0.4 is 0 Å². The molecule has 4 heteroatoms. The number of benzene rings is 1. The molecule has 17 heavy (non-hydrogen) atoms. The largest absolute Gasteiger partial charge is 0.326 e. The van der Waals surface area contributed by atoms with Crippen molar-refractivity contribution in [2.45, 2.75) is 26.4 Å². The summed E-state index contributed by atoms with van der Waals surface area (Å²) in [6.45, 7) is 6.49. The molecule has 0 unspecified atom stereocenters. The topological polar surface area (TPSA) is 21.1 Å². The van der Waals surface area contributed by atoms with Crippen molar-refractivity contribution in [2.24, 2.45) is 0 Å². The summed E-state index contributed by atoms with van der Waals surface area (Å²) < 4.78 is 2.32. The first-order valence-electron chi connectivity index (χ1n) is 6.15. The van der Waals surface area contributed by atoms with Gasteiger partial charge in [-0.2, -0.15) is 0 Å². The van der Waals surface area contributed by atoms with Crippen molar-refractivity contribution in [3.8, 4) is 0 Å². The van der Waals surface area contributed by atoms with Gasteiger partial charge in [0.2, 0.25) is 0 Å². The van der Waals surface area contributed by atoms with Crippen LogP contribution in [0.5, 0.6) is 0 Å². The van der Waals surface area contributed by atoms with Crippen molar-refractivity contribution in [3.05, 3.63) is 29.0 Å². The fourth-order valence-corrected chi connectivity index (χ4v) is 2.72. The third kappa shape index (κ3) is 1.94. The molecule has 2 heterocycles. The van der Waals surface area contributed by atoms with Crippen molar-refractivity contribution in [1.82, 2.24) is 14.5 Å². The van der Waals surface area contributed by atoms with Crippen LogP contribution in [0.1, 0.15) is 19.2 Å². The van der Waals surface area contributed by atoms with E-state index in [2.05, 4.69) is 27.4 Å². The summed E-state index contributed by atoms with van der Waals surface area (Å²) in [5, 5.41) is 0.762. The number of aromatic nitrogens is 2. The van der Waals surface area contributed by atoms with E-state index in [0.29, 0.717) is 0 Å². The first kappa shape index (κ1) is 11.1. The molecule has 90 valence electrons. The lowest BCUT2D eigenvalue weighted by Crippen LogP contribution is -2.34. The molecule has 0 bridgehead atoms. The van der Waals surface area contributed by atoms with Crippen LogP contribution in [-0.4, -0.2) is 27.5 Å². The van der Waals surface area contributed by atoms with E-state index in [9.17, 15) is 0 Å². The van der Waals surface area contributed by atoms with Crippen LogP contribution in [-0.2, 0) is 13.1 Å². The Labute approximate surface area is 106 Å². The Kier molecular flexibility index (Phi) is 2.81. The van der Waals surface area contributed by atoms with Crippen LogP contribution in [0.3, 0.4) is 0 Å². The lowest BCUT2D eigenvalue weighted by molar-refractivity contribution is 0.219. The van der Waals surface area contributed by atoms with Crippen LogP contribution in [0.4, 0.5) is 0 Å². The van der Waals surface area contributed by atoms with Crippen LogP contribution in [0, 0.1) is 0 Å². The Morgan fingerprint density at radius 1 is 1.35 bits per heavy atom. The number of rotatable bonds is 2. The van der Waals surface area contributed by atoms with Crippen molar-refractivity contribution in [1.29, 1.82) is 0 Å². The monoisotopic (exact) mass is 249 g/mol. The van der Waals surface area contributed by atoms with E-state index in [1.165, 1.54) is 17.8 Å². The number of nitrogens with zero attached hydrogens (tertiary/aromatic N) is 3. The first-order valence-corrected chi connectivity index (χ1v) is 6.52. The number of fused-ring (bicyclic) bond motifs is 3. The third-order valence-corrected chi connectivity index (χ3v) is 3.57. The molecule has 0 spiro atoms. The van der Waals surface area contributed by atoms with E-state index in [4.69, 9.17) is 11.6 Å². The minimum Gasteiger partial charge on any atom is -0.326 e. The molecule has 0 saturated carbocycles. The van der Waals surface area contributed by atoms with E-state index in [1.807, 2.05) is 12.1 Å². The minimum atomic E-state index is 0.762. The van der Waals surface area contributed by atoms with Crippen LogP contribution >= 0.6 is 11.6 Å². The third-order valence-electron chi connectivity index (χ3n) is 3.33. The predicted octanol–water partition coefficient (Wildman–Crippen LogP) is 2.92. The molecule has 0 amide bonds. The average Bonchev–Trinajstić information content (AvgIpc) is 2.65. The zero-order chi connectivity index (χ0) is 11.8. The predicted molar refractivity (Wildman–Crippen MR) is 70.3 cm³/mol. The highest BCUT2D eigenvalue weighted by Gasteiger charge is 2.19. The van der Waals surface area contributed by atoms with Gasteiger partial charge in [-0.1, -0.05) is 18.5 Å². The fourth-order valence-electron chi connectivity index (χ4n) is 2.55. The van der Waals surface area contributed by atoms with E-state index in [-0.39, 0.29) is 0 Å². The summed E-state index contributed by atoms with van der Waals surface area (Å²) in [4.78, 5) is 7.14. The molecule has 1 aromatic carbocycles. The molecule has 1 aliphatic heterocycles.